The Morgan fingerprint density at radius 1 is 1.78 bits per heavy atom. The average molecular weight is 195 g/mol. The fraction of sp³-hybridized carbons (Fsp3) is 1.00. The second-order valence-electron chi connectivity index (χ2n) is 2.80. The number of halogens is 2. The van der Waals surface area contributed by atoms with Crippen molar-refractivity contribution >= 4 is 15.9 Å². The van der Waals surface area contributed by atoms with E-state index in [-0.39, 0.29) is 0 Å². The zero-order valence-corrected chi connectivity index (χ0v) is 7.25. The molecule has 9 heavy (non-hydrogen) atoms. The van der Waals surface area contributed by atoms with Crippen LogP contribution in [0.15, 0.2) is 0 Å². The van der Waals surface area contributed by atoms with Crippen molar-refractivity contribution in [3.63, 3.8) is 0 Å². The lowest BCUT2D eigenvalue weighted by Crippen LogP contribution is -1.89. The molecule has 1 saturated carbocycles. The number of unbranched alkanes of at least 4 members (excludes halogenated alkanes) is 1. The zero-order valence-electron chi connectivity index (χ0n) is 5.66. The first kappa shape index (κ1) is 7.52. The lowest BCUT2D eigenvalue weighted by Gasteiger charge is -1.95. The Kier molecular flexibility index (Phi) is 2.14. The fourth-order valence-corrected chi connectivity index (χ4v) is 1.65. The van der Waals surface area contributed by atoms with Gasteiger partial charge in [-0.3, -0.25) is 0 Å². The maximum atomic E-state index is 12.7. The van der Waals surface area contributed by atoms with E-state index in [0.29, 0.717) is 5.92 Å². The van der Waals surface area contributed by atoms with Crippen LogP contribution in [0.3, 0.4) is 0 Å². The van der Waals surface area contributed by atoms with E-state index >= 15 is 0 Å². The highest BCUT2D eigenvalue weighted by molar-refractivity contribution is 9.10. The predicted molar refractivity (Wildman–Crippen MR) is 40.4 cm³/mol. The Morgan fingerprint density at radius 3 is 2.67 bits per heavy atom. The molecule has 2 heteroatoms. The Morgan fingerprint density at radius 2 is 2.33 bits per heavy atom. The van der Waals surface area contributed by atoms with Crippen LogP contribution in [0.5, 0.6) is 0 Å². The third-order valence-electron chi connectivity index (χ3n) is 1.86. The Labute approximate surface area is 64.0 Å². The van der Waals surface area contributed by atoms with Crippen LogP contribution in [0.25, 0.3) is 0 Å². The molecule has 0 saturated heterocycles. The van der Waals surface area contributed by atoms with Gasteiger partial charge in [0.2, 0.25) is 0 Å². The SMILES string of the molecule is CCCC[C@@H]1C[C@@]1(F)Br. The summed E-state index contributed by atoms with van der Waals surface area (Å²) in [5.41, 5.74) is 0. The van der Waals surface area contributed by atoms with Gasteiger partial charge in [0.25, 0.3) is 0 Å². The van der Waals surface area contributed by atoms with Crippen LogP contribution in [0.2, 0.25) is 0 Å². The number of rotatable bonds is 3. The van der Waals surface area contributed by atoms with E-state index in [9.17, 15) is 4.39 Å². The van der Waals surface area contributed by atoms with Gasteiger partial charge >= 0.3 is 0 Å². The third-order valence-corrected chi connectivity index (χ3v) is 2.83. The van der Waals surface area contributed by atoms with Gasteiger partial charge in [0.15, 0.2) is 4.58 Å². The molecule has 1 aliphatic carbocycles. The number of hydrogen-bond acceptors (Lipinski definition) is 0. The van der Waals surface area contributed by atoms with Crippen LogP contribution in [-0.4, -0.2) is 4.58 Å². The van der Waals surface area contributed by atoms with E-state index in [1.165, 1.54) is 12.8 Å². The van der Waals surface area contributed by atoms with E-state index < -0.39 is 4.58 Å². The lowest BCUT2D eigenvalue weighted by atomic mass is 10.2. The molecule has 0 aromatic heterocycles. The van der Waals surface area contributed by atoms with Gasteiger partial charge in [-0.1, -0.05) is 19.8 Å². The summed E-state index contributed by atoms with van der Waals surface area (Å²) in [6.07, 6.45) is 4.13. The largest absolute Gasteiger partial charge is 0.231 e. The molecule has 0 aromatic rings. The molecule has 1 rings (SSSR count). The predicted octanol–water partition coefficient (Wildman–Crippen LogP) is 3.26. The monoisotopic (exact) mass is 194 g/mol. The van der Waals surface area contributed by atoms with Crippen molar-refractivity contribution in [3.05, 3.63) is 0 Å². The molecule has 0 bridgehead atoms. The van der Waals surface area contributed by atoms with Crippen molar-refractivity contribution < 1.29 is 4.39 Å². The standard InChI is InChI=1S/C7H12BrF/c1-2-3-4-6-5-7(6,8)9/h6H,2-5H2,1H3/t6-,7+/m1/s1. The van der Waals surface area contributed by atoms with E-state index in [0.717, 1.165) is 12.8 Å². The van der Waals surface area contributed by atoms with E-state index in [2.05, 4.69) is 22.9 Å². The van der Waals surface area contributed by atoms with Crippen molar-refractivity contribution in [2.75, 3.05) is 0 Å². The van der Waals surface area contributed by atoms with E-state index in [1.807, 2.05) is 0 Å². The van der Waals surface area contributed by atoms with Crippen LogP contribution in [-0.2, 0) is 0 Å². The van der Waals surface area contributed by atoms with Crippen molar-refractivity contribution in [2.24, 2.45) is 5.92 Å². The Hall–Kier alpha value is 0.410. The minimum Gasteiger partial charge on any atom is -0.231 e. The highest BCUT2D eigenvalue weighted by atomic mass is 79.9. The van der Waals surface area contributed by atoms with Crippen LogP contribution < -0.4 is 0 Å². The molecule has 0 aliphatic heterocycles. The van der Waals surface area contributed by atoms with E-state index in [1.54, 1.807) is 0 Å². The molecule has 54 valence electrons. The molecule has 0 unspecified atom stereocenters. The van der Waals surface area contributed by atoms with Crippen molar-refractivity contribution in [1.29, 1.82) is 0 Å². The van der Waals surface area contributed by atoms with Gasteiger partial charge < -0.3 is 0 Å². The van der Waals surface area contributed by atoms with E-state index in [4.69, 9.17) is 0 Å². The normalized spacial score (nSPS) is 41.0. The van der Waals surface area contributed by atoms with Crippen LogP contribution in [0, 0.1) is 5.92 Å². The summed E-state index contributed by atoms with van der Waals surface area (Å²) in [4.78, 5) is 0. The zero-order chi connectivity index (χ0) is 6.91. The van der Waals surface area contributed by atoms with Crippen molar-refractivity contribution in [3.8, 4) is 0 Å². The van der Waals surface area contributed by atoms with Gasteiger partial charge in [-0.2, -0.15) is 0 Å². The van der Waals surface area contributed by atoms with Crippen LogP contribution >= 0.6 is 15.9 Å². The summed E-state index contributed by atoms with van der Waals surface area (Å²) in [7, 11) is 0. The van der Waals surface area contributed by atoms with Gasteiger partial charge in [-0.15, -0.1) is 0 Å². The van der Waals surface area contributed by atoms with Crippen LogP contribution in [0.4, 0.5) is 4.39 Å². The van der Waals surface area contributed by atoms with Gasteiger partial charge in [-0.25, -0.2) is 4.39 Å². The molecule has 0 aromatic carbocycles. The first-order valence-corrected chi connectivity index (χ1v) is 4.34. The van der Waals surface area contributed by atoms with Crippen molar-refractivity contribution in [2.45, 2.75) is 37.2 Å². The van der Waals surface area contributed by atoms with Crippen LogP contribution in [0.1, 0.15) is 32.6 Å². The highest BCUT2D eigenvalue weighted by Gasteiger charge is 2.52. The summed E-state index contributed by atoms with van der Waals surface area (Å²) in [5, 5.41) is 0. The first-order valence-electron chi connectivity index (χ1n) is 3.54. The summed E-state index contributed by atoms with van der Waals surface area (Å²) in [5.74, 6) is 0.317. The van der Waals surface area contributed by atoms with Gasteiger partial charge in [0, 0.05) is 5.92 Å². The molecule has 0 N–H and O–H groups in total. The van der Waals surface area contributed by atoms with Crippen molar-refractivity contribution in [1.82, 2.24) is 0 Å². The molecular weight excluding hydrogens is 183 g/mol. The van der Waals surface area contributed by atoms with Gasteiger partial charge in [0.05, 0.1) is 0 Å². The molecule has 0 amide bonds. The molecule has 0 heterocycles. The maximum absolute atomic E-state index is 12.7. The molecule has 2 atom stereocenters. The Balaban J connectivity index is 2.06. The topological polar surface area (TPSA) is 0 Å². The quantitative estimate of drug-likeness (QED) is 0.606. The van der Waals surface area contributed by atoms with Gasteiger partial charge in [0.1, 0.15) is 0 Å². The molecule has 0 nitrogen and oxygen atoms in total. The molecule has 1 fully saturated rings. The molecule has 1 aliphatic rings. The number of alkyl halides is 2. The fourth-order valence-electron chi connectivity index (χ4n) is 1.03. The molecular formula is C7H12BrF. The average Bonchev–Trinajstić information content (AvgIpc) is 2.35. The summed E-state index contributed by atoms with van der Waals surface area (Å²) in [6.45, 7) is 2.14. The maximum Gasteiger partial charge on any atom is 0.168 e. The third kappa shape index (κ3) is 1.92. The highest BCUT2D eigenvalue weighted by Crippen LogP contribution is 2.54. The summed E-state index contributed by atoms with van der Waals surface area (Å²) in [6, 6.07) is 0. The molecule has 0 spiro atoms. The molecule has 0 radical (unpaired) electrons. The smallest absolute Gasteiger partial charge is 0.168 e. The minimum absolute atomic E-state index is 0.317. The summed E-state index contributed by atoms with van der Waals surface area (Å²) >= 11 is 3.02. The first-order chi connectivity index (χ1) is 4.17. The minimum atomic E-state index is -0.970. The summed E-state index contributed by atoms with van der Waals surface area (Å²) < 4.78 is 11.7. The second kappa shape index (κ2) is 2.57. The van der Waals surface area contributed by atoms with Gasteiger partial charge in [-0.05, 0) is 28.8 Å². The second-order valence-corrected chi connectivity index (χ2v) is 4.12. The lowest BCUT2D eigenvalue weighted by molar-refractivity contribution is 0.402. The Bertz CT molecular complexity index is 101. The number of hydrogen-bond donors (Lipinski definition) is 0.